The molecule has 0 unspecified atom stereocenters. The van der Waals surface area contributed by atoms with Gasteiger partial charge in [0.2, 0.25) is 0 Å². The number of hydrogen-bond acceptors (Lipinski definition) is 5. The van der Waals surface area contributed by atoms with E-state index < -0.39 is 0 Å². The average molecular weight is 414 g/mol. The normalized spacial score (nSPS) is 14.0. The van der Waals surface area contributed by atoms with Crippen LogP contribution in [-0.4, -0.2) is 51.1 Å². The Morgan fingerprint density at radius 3 is 2.24 bits per heavy atom. The molecule has 0 radical (unpaired) electrons. The third-order valence-corrected chi connectivity index (χ3v) is 4.94. The van der Waals surface area contributed by atoms with Crippen molar-refractivity contribution in [1.29, 1.82) is 0 Å². The smallest absolute Gasteiger partial charge is 0.278 e. The largest absolute Gasteiger partial charge is 0.385 e. The maximum atomic E-state index is 13.1. The van der Waals surface area contributed by atoms with Gasteiger partial charge in [0.05, 0.1) is 5.57 Å². The molecule has 1 aliphatic rings. The highest BCUT2D eigenvalue weighted by Crippen LogP contribution is 2.31. The van der Waals surface area contributed by atoms with Gasteiger partial charge in [-0.3, -0.25) is 14.5 Å². The predicted octanol–water partition coefficient (Wildman–Crippen LogP) is 3.63. The lowest BCUT2D eigenvalue weighted by Gasteiger charge is -2.15. The number of anilines is 2. The number of nitrogens with one attached hydrogen (secondary N) is 1. The molecule has 1 heterocycles. The fourth-order valence-corrected chi connectivity index (χ4v) is 3.26. The van der Waals surface area contributed by atoms with Crippen LogP contribution in [-0.2, 0) is 14.3 Å². The number of carbonyl (C=O) groups is 2. The summed E-state index contributed by atoms with van der Waals surface area (Å²) in [6.45, 7) is 0.773. The van der Waals surface area contributed by atoms with Gasteiger partial charge in [-0.2, -0.15) is 0 Å². The zero-order chi connectivity index (χ0) is 21.0. The summed E-state index contributed by atoms with van der Waals surface area (Å²) in [7, 11) is 5.51. The SMILES string of the molecule is COCCCN1C(=O)C(Nc2ccc(N(C)C)cc2)=C(c2ccc(Cl)cc2)C1=O. The molecule has 2 aromatic rings. The number of halogens is 1. The van der Waals surface area contributed by atoms with Crippen molar-refractivity contribution in [2.75, 3.05) is 44.6 Å². The Balaban J connectivity index is 1.95. The summed E-state index contributed by atoms with van der Waals surface area (Å²) in [6, 6.07) is 14.6. The minimum atomic E-state index is -0.340. The Labute approximate surface area is 175 Å². The number of benzene rings is 2. The molecule has 0 aromatic heterocycles. The van der Waals surface area contributed by atoms with Crippen LogP contribution in [0.15, 0.2) is 54.2 Å². The van der Waals surface area contributed by atoms with Crippen LogP contribution in [0.5, 0.6) is 0 Å². The van der Waals surface area contributed by atoms with E-state index in [1.165, 1.54) is 4.90 Å². The molecule has 3 rings (SSSR count). The van der Waals surface area contributed by atoms with Crippen molar-refractivity contribution in [2.45, 2.75) is 6.42 Å². The van der Waals surface area contributed by atoms with Crippen LogP contribution in [0, 0.1) is 0 Å². The Morgan fingerprint density at radius 1 is 1.00 bits per heavy atom. The molecule has 29 heavy (non-hydrogen) atoms. The highest BCUT2D eigenvalue weighted by molar-refractivity contribution is 6.36. The maximum Gasteiger partial charge on any atom is 0.278 e. The molecule has 0 saturated carbocycles. The Hall–Kier alpha value is -2.83. The molecule has 0 spiro atoms. The average Bonchev–Trinajstić information content (AvgIpc) is 2.93. The Bertz CT molecular complexity index is 921. The summed E-state index contributed by atoms with van der Waals surface area (Å²) in [6.07, 6.45) is 0.576. The molecule has 0 saturated heterocycles. The van der Waals surface area contributed by atoms with Crippen LogP contribution in [0.3, 0.4) is 0 Å². The van der Waals surface area contributed by atoms with E-state index in [4.69, 9.17) is 16.3 Å². The van der Waals surface area contributed by atoms with Gasteiger partial charge in [0, 0.05) is 50.8 Å². The number of hydrogen-bond donors (Lipinski definition) is 1. The van der Waals surface area contributed by atoms with Gasteiger partial charge in [-0.25, -0.2) is 0 Å². The van der Waals surface area contributed by atoms with Crippen LogP contribution in [0.2, 0.25) is 5.02 Å². The quantitative estimate of drug-likeness (QED) is 0.529. The van der Waals surface area contributed by atoms with E-state index in [9.17, 15) is 9.59 Å². The number of methoxy groups -OCH3 is 1. The third kappa shape index (κ3) is 4.60. The molecule has 1 aliphatic heterocycles. The van der Waals surface area contributed by atoms with E-state index in [1.54, 1.807) is 31.4 Å². The fraction of sp³-hybridized carbons (Fsp3) is 0.273. The van der Waals surface area contributed by atoms with Crippen LogP contribution >= 0.6 is 11.6 Å². The summed E-state index contributed by atoms with van der Waals surface area (Å²) in [4.78, 5) is 29.4. The lowest BCUT2D eigenvalue weighted by Crippen LogP contribution is -2.33. The monoisotopic (exact) mass is 413 g/mol. The van der Waals surface area contributed by atoms with Gasteiger partial charge in [0.1, 0.15) is 5.70 Å². The molecule has 2 amide bonds. The molecular weight excluding hydrogens is 390 g/mol. The number of amides is 2. The van der Waals surface area contributed by atoms with Crippen molar-refractivity contribution in [3.05, 3.63) is 64.8 Å². The first kappa shape index (κ1) is 20.9. The summed E-state index contributed by atoms with van der Waals surface area (Å²) in [5.74, 6) is -0.659. The number of carbonyl (C=O) groups excluding carboxylic acids is 2. The van der Waals surface area contributed by atoms with E-state index >= 15 is 0 Å². The second kappa shape index (κ2) is 9.11. The highest BCUT2D eigenvalue weighted by atomic mass is 35.5. The van der Waals surface area contributed by atoms with Crippen molar-refractivity contribution in [3.63, 3.8) is 0 Å². The number of ether oxygens (including phenoxy) is 1. The van der Waals surface area contributed by atoms with Crippen LogP contribution in [0.25, 0.3) is 5.57 Å². The Morgan fingerprint density at radius 2 is 1.66 bits per heavy atom. The number of imide groups is 1. The summed E-state index contributed by atoms with van der Waals surface area (Å²) in [5, 5.41) is 3.72. The van der Waals surface area contributed by atoms with Gasteiger partial charge in [0.15, 0.2) is 0 Å². The van der Waals surface area contributed by atoms with E-state index in [0.29, 0.717) is 35.7 Å². The minimum Gasteiger partial charge on any atom is -0.385 e. The number of nitrogens with zero attached hydrogens (tertiary/aromatic N) is 2. The number of rotatable bonds is 8. The maximum absolute atomic E-state index is 13.1. The molecule has 6 nitrogen and oxygen atoms in total. The minimum absolute atomic E-state index is 0.271. The second-order valence-electron chi connectivity index (χ2n) is 6.93. The molecular formula is C22H24ClN3O3. The van der Waals surface area contributed by atoms with Crippen LogP contribution in [0.1, 0.15) is 12.0 Å². The summed E-state index contributed by atoms with van der Waals surface area (Å²) < 4.78 is 5.05. The molecule has 0 aliphatic carbocycles. The van der Waals surface area contributed by atoms with Crippen molar-refractivity contribution < 1.29 is 14.3 Å². The molecule has 1 N–H and O–H groups in total. The van der Waals surface area contributed by atoms with Gasteiger partial charge in [-0.1, -0.05) is 23.7 Å². The zero-order valence-electron chi connectivity index (χ0n) is 16.7. The molecule has 0 fully saturated rings. The first-order valence-corrected chi connectivity index (χ1v) is 9.70. The third-order valence-electron chi connectivity index (χ3n) is 4.68. The highest BCUT2D eigenvalue weighted by Gasteiger charge is 2.38. The van der Waals surface area contributed by atoms with E-state index in [-0.39, 0.29) is 17.5 Å². The molecule has 0 bridgehead atoms. The van der Waals surface area contributed by atoms with Gasteiger partial charge in [0.25, 0.3) is 11.8 Å². The van der Waals surface area contributed by atoms with Crippen molar-refractivity contribution >= 4 is 40.4 Å². The first-order chi connectivity index (χ1) is 13.9. The van der Waals surface area contributed by atoms with E-state index in [1.807, 2.05) is 43.3 Å². The van der Waals surface area contributed by atoms with Crippen molar-refractivity contribution in [1.82, 2.24) is 4.90 Å². The summed E-state index contributed by atoms with van der Waals surface area (Å²) >= 11 is 5.99. The molecule has 2 aromatic carbocycles. The summed E-state index contributed by atoms with van der Waals surface area (Å²) in [5.41, 5.74) is 3.04. The standard InChI is InChI=1S/C22H24ClN3O3/c1-25(2)18-11-9-17(10-12-18)24-20-19(15-5-7-16(23)8-6-15)21(27)26(22(20)28)13-4-14-29-3/h5-12,24H,4,13-14H2,1-3H3. The van der Waals surface area contributed by atoms with Gasteiger partial charge < -0.3 is 15.0 Å². The van der Waals surface area contributed by atoms with Crippen LogP contribution < -0.4 is 10.2 Å². The second-order valence-corrected chi connectivity index (χ2v) is 7.37. The lowest BCUT2D eigenvalue weighted by molar-refractivity contribution is -0.136. The van der Waals surface area contributed by atoms with Gasteiger partial charge in [-0.05, 0) is 48.4 Å². The first-order valence-electron chi connectivity index (χ1n) is 9.32. The molecule has 7 heteroatoms. The lowest BCUT2D eigenvalue weighted by atomic mass is 10.0. The predicted molar refractivity (Wildman–Crippen MR) is 116 cm³/mol. The van der Waals surface area contributed by atoms with Gasteiger partial charge >= 0.3 is 0 Å². The zero-order valence-corrected chi connectivity index (χ0v) is 17.5. The fourth-order valence-electron chi connectivity index (χ4n) is 3.13. The van der Waals surface area contributed by atoms with Crippen molar-refractivity contribution in [3.8, 4) is 0 Å². The topological polar surface area (TPSA) is 61.9 Å². The van der Waals surface area contributed by atoms with E-state index in [2.05, 4.69) is 5.32 Å². The van der Waals surface area contributed by atoms with Crippen LogP contribution in [0.4, 0.5) is 11.4 Å². The Kier molecular flexibility index (Phi) is 6.56. The molecule has 152 valence electrons. The van der Waals surface area contributed by atoms with E-state index in [0.717, 1.165) is 11.4 Å². The van der Waals surface area contributed by atoms with Crippen molar-refractivity contribution in [2.24, 2.45) is 0 Å². The molecule has 0 atom stereocenters. The van der Waals surface area contributed by atoms with Gasteiger partial charge in [-0.15, -0.1) is 0 Å².